The number of hydrogen-bond donors (Lipinski definition) is 1. The Labute approximate surface area is 126 Å². The Hall–Kier alpha value is -1.10. The maximum Gasteiger partial charge on any atom is 0.119 e. The summed E-state index contributed by atoms with van der Waals surface area (Å²) in [6, 6.07) is 9.66. The molecule has 1 aromatic rings. The topological polar surface area (TPSA) is 47.9 Å². The molecule has 2 atom stereocenters. The largest absolute Gasteiger partial charge is 0.491 e. The normalized spacial score (nSPS) is 26.4. The van der Waals surface area contributed by atoms with Crippen LogP contribution in [0.3, 0.4) is 0 Å². The maximum absolute atomic E-state index is 10.4. The van der Waals surface area contributed by atoms with Crippen molar-refractivity contribution >= 4 is 0 Å². The number of ether oxygens (including phenoxy) is 3. The third-order valence-corrected chi connectivity index (χ3v) is 4.64. The summed E-state index contributed by atoms with van der Waals surface area (Å²) in [5.74, 6) is 1.06. The maximum atomic E-state index is 10.4. The standard InChI is InChI=1S/C17H24O4/c18-16(13-20-15-4-2-1-3-5-15)14-6-9-21-17(12-14)7-10-19-11-8-17/h1-5,14,16,18H,6-13H2. The molecule has 3 rings (SSSR count). The van der Waals surface area contributed by atoms with Gasteiger partial charge in [0.25, 0.3) is 0 Å². The third-order valence-electron chi connectivity index (χ3n) is 4.64. The van der Waals surface area contributed by atoms with Crippen molar-refractivity contribution in [1.29, 1.82) is 0 Å². The van der Waals surface area contributed by atoms with Crippen LogP contribution in [0.5, 0.6) is 5.75 Å². The van der Waals surface area contributed by atoms with Crippen LogP contribution in [0.15, 0.2) is 30.3 Å². The zero-order valence-corrected chi connectivity index (χ0v) is 12.4. The van der Waals surface area contributed by atoms with E-state index >= 15 is 0 Å². The molecular weight excluding hydrogens is 268 g/mol. The molecular formula is C17H24O4. The number of hydrogen-bond acceptors (Lipinski definition) is 4. The highest BCUT2D eigenvalue weighted by atomic mass is 16.5. The first-order valence-electron chi connectivity index (χ1n) is 7.85. The highest BCUT2D eigenvalue weighted by Crippen LogP contribution is 2.38. The first-order valence-corrected chi connectivity index (χ1v) is 7.85. The minimum atomic E-state index is -0.436. The van der Waals surface area contributed by atoms with Gasteiger partial charge in [0.2, 0.25) is 0 Å². The summed E-state index contributed by atoms with van der Waals surface area (Å²) in [4.78, 5) is 0. The molecule has 2 fully saturated rings. The summed E-state index contributed by atoms with van der Waals surface area (Å²) in [5.41, 5.74) is -0.0745. The van der Waals surface area contributed by atoms with Crippen molar-refractivity contribution < 1.29 is 19.3 Å². The molecule has 2 unspecified atom stereocenters. The molecule has 1 aromatic carbocycles. The van der Waals surface area contributed by atoms with Crippen molar-refractivity contribution in [1.82, 2.24) is 0 Å². The predicted molar refractivity (Wildman–Crippen MR) is 79.4 cm³/mol. The van der Waals surface area contributed by atoms with Gasteiger partial charge in [0.1, 0.15) is 12.4 Å². The second-order valence-electron chi connectivity index (χ2n) is 6.09. The molecule has 0 amide bonds. The molecule has 4 nitrogen and oxygen atoms in total. The Morgan fingerprint density at radius 2 is 1.95 bits per heavy atom. The minimum absolute atomic E-state index is 0.0745. The fourth-order valence-corrected chi connectivity index (χ4v) is 3.32. The first-order chi connectivity index (χ1) is 10.3. The number of aliphatic hydroxyl groups is 1. The van der Waals surface area contributed by atoms with E-state index in [-0.39, 0.29) is 11.5 Å². The van der Waals surface area contributed by atoms with Crippen molar-refractivity contribution in [2.24, 2.45) is 5.92 Å². The van der Waals surface area contributed by atoms with Gasteiger partial charge in [0, 0.05) is 19.8 Å². The molecule has 0 saturated carbocycles. The Bertz CT molecular complexity index is 422. The van der Waals surface area contributed by atoms with Crippen LogP contribution in [0.2, 0.25) is 0 Å². The fourth-order valence-electron chi connectivity index (χ4n) is 3.32. The smallest absolute Gasteiger partial charge is 0.119 e. The van der Waals surface area contributed by atoms with Crippen LogP contribution in [-0.2, 0) is 9.47 Å². The first kappa shape index (κ1) is 14.8. The van der Waals surface area contributed by atoms with E-state index in [2.05, 4.69) is 0 Å². The van der Waals surface area contributed by atoms with Crippen LogP contribution in [0, 0.1) is 5.92 Å². The lowest BCUT2D eigenvalue weighted by atomic mass is 9.78. The Balaban J connectivity index is 1.53. The molecule has 0 aromatic heterocycles. The van der Waals surface area contributed by atoms with Crippen LogP contribution < -0.4 is 4.74 Å². The number of rotatable bonds is 4. The lowest BCUT2D eigenvalue weighted by Crippen LogP contribution is -2.47. The molecule has 0 radical (unpaired) electrons. The van der Waals surface area contributed by atoms with Crippen LogP contribution in [0.25, 0.3) is 0 Å². The molecule has 0 aliphatic carbocycles. The second kappa shape index (κ2) is 6.77. The van der Waals surface area contributed by atoms with E-state index in [9.17, 15) is 5.11 Å². The highest BCUT2D eigenvalue weighted by Gasteiger charge is 2.41. The van der Waals surface area contributed by atoms with Gasteiger partial charge < -0.3 is 19.3 Å². The SMILES string of the molecule is OC(COc1ccccc1)C1CCOC2(CCOCC2)C1. The van der Waals surface area contributed by atoms with Gasteiger partial charge in [-0.3, -0.25) is 0 Å². The molecule has 1 N–H and O–H groups in total. The Morgan fingerprint density at radius 1 is 1.19 bits per heavy atom. The quantitative estimate of drug-likeness (QED) is 0.926. The molecule has 2 aliphatic heterocycles. The van der Waals surface area contributed by atoms with Crippen LogP contribution >= 0.6 is 0 Å². The Morgan fingerprint density at radius 3 is 2.71 bits per heavy atom. The van der Waals surface area contributed by atoms with Crippen molar-refractivity contribution in [2.45, 2.75) is 37.4 Å². The molecule has 21 heavy (non-hydrogen) atoms. The van der Waals surface area contributed by atoms with E-state index in [1.807, 2.05) is 30.3 Å². The van der Waals surface area contributed by atoms with E-state index < -0.39 is 6.10 Å². The number of aliphatic hydroxyl groups excluding tert-OH is 1. The number of benzene rings is 1. The van der Waals surface area contributed by atoms with Crippen molar-refractivity contribution in [3.63, 3.8) is 0 Å². The van der Waals surface area contributed by atoms with Gasteiger partial charge in [-0.25, -0.2) is 0 Å². The van der Waals surface area contributed by atoms with Crippen LogP contribution in [0.1, 0.15) is 25.7 Å². The van der Waals surface area contributed by atoms with Gasteiger partial charge in [-0.1, -0.05) is 18.2 Å². The monoisotopic (exact) mass is 292 g/mol. The molecule has 0 bridgehead atoms. The van der Waals surface area contributed by atoms with Gasteiger partial charge in [-0.2, -0.15) is 0 Å². The minimum Gasteiger partial charge on any atom is -0.491 e. The molecule has 1 spiro atoms. The number of para-hydroxylation sites is 1. The van der Waals surface area contributed by atoms with Crippen LogP contribution in [-0.4, -0.2) is 43.2 Å². The third kappa shape index (κ3) is 3.76. The summed E-state index contributed by atoms with van der Waals surface area (Å²) in [6.45, 7) is 2.61. The van der Waals surface area contributed by atoms with Gasteiger partial charge in [0.15, 0.2) is 0 Å². The molecule has 2 aliphatic rings. The van der Waals surface area contributed by atoms with Crippen LogP contribution in [0.4, 0.5) is 0 Å². The van der Waals surface area contributed by atoms with Crippen molar-refractivity contribution in [2.75, 3.05) is 26.4 Å². The lowest BCUT2D eigenvalue weighted by Gasteiger charge is -2.44. The summed E-state index contributed by atoms with van der Waals surface area (Å²) in [6.07, 6.45) is 3.26. The van der Waals surface area contributed by atoms with E-state index in [1.165, 1.54) is 0 Å². The van der Waals surface area contributed by atoms with Gasteiger partial charge in [-0.05, 0) is 43.7 Å². The summed E-state index contributed by atoms with van der Waals surface area (Å²) in [5, 5.41) is 10.4. The zero-order chi connectivity index (χ0) is 14.5. The average Bonchev–Trinajstić information content (AvgIpc) is 2.54. The van der Waals surface area contributed by atoms with E-state index in [0.717, 1.165) is 51.3 Å². The average molecular weight is 292 g/mol. The van der Waals surface area contributed by atoms with Crippen molar-refractivity contribution in [3.05, 3.63) is 30.3 Å². The van der Waals surface area contributed by atoms with Crippen molar-refractivity contribution in [3.8, 4) is 5.75 Å². The highest BCUT2D eigenvalue weighted by molar-refractivity contribution is 5.20. The predicted octanol–water partition coefficient (Wildman–Crippen LogP) is 2.40. The summed E-state index contributed by atoms with van der Waals surface area (Å²) in [7, 11) is 0. The zero-order valence-electron chi connectivity index (χ0n) is 12.4. The summed E-state index contributed by atoms with van der Waals surface area (Å²) >= 11 is 0. The molecule has 2 heterocycles. The molecule has 116 valence electrons. The summed E-state index contributed by atoms with van der Waals surface area (Å²) < 4.78 is 17.1. The lowest BCUT2D eigenvalue weighted by molar-refractivity contribution is -0.160. The van der Waals surface area contributed by atoms with E-state index in [0.29, 0.717) is 6.61 Å². The second-order valence-corrected chi connectivity index (χ2v) is 6.09. The molecule has 2 saturated heterocycles. The Kier molecular flexibility index (Phi) is 4.78. The van der Waals surface area contributed by atoms with E-state index in [4.69, 9.17) is 14.2 Å². The van der Waals surface area contributed by atoms with Gasteiger partial charge >= 0.3 is 0 Å². The molecule has 4 heteroatoms. The fraction of sp³-hybridized carbons (Fsp3) is 0.647. The van der Waals surface area contributed by atoms with E-state index in [1.54, 1.807) is 0 Å². The van der Waals surface area contributed by atoms with Gasteiger partial charge in [0.05, 0.1) is 11.7 Å². The van der Waals surface area contributed by atoms with Gasteiger partial charge in [-0.15, -0.1) is 0 Å².